The number of aromatic nitrogens is 2. The summed E-state index contributed by atoms with van der Waals surface area (Å²) in [6, 6.07) is 30.0. The first-order valence-corrected chi connectivity index (χ1v) is 14.5. The van der Waals surface area contributed by atoms with Gasteiger partial charge >= 0.3 is 0 Å². The lowest BCUT2D eigenvalue weighted by Gasteiger charge is -2.31. The maximum atomic E-state index is 14.6. The highest BCUT2D eigenvalue weighted by Crippen LogP contribution is 2.31. The number of carbonyl (C=O) groups is 2. The number of aromatic amines is 1. The molecule has 0 aliphatic carbocycles. The normalized spacial score (nSPS) is 15.0. The van der Waals surface area contributed by atoms with Gasteiger partial charge in [-0.1, -0.05) is 48.5 Å². The molecule has 1 atom stereocenters. The van der Waals surface area contributed by atoms with Gasteiger partial charge in [0, 0.05) is 22.7 Å². The van der Waals surface area contributed by atoms with E-state index in [9.17, 15) is 14.8 Å². The zero-order valence-electron chi connectivity index (χ0n) is 24.8. The first kappa shape index (κ1) is 28.7. The lowest BCUT2D eigenvalue weighted by Crippen LogP contribution is -2.50. The van der Waals surface area contributed by atoms with Crippen molar-refractivity contribution in [2.75, 3.05) is 23.5 Å². The van der Waals surface area contributed by atoms with Crippen LogP contribution >= 0.6 is 0 Å². The van der Waals surface area contributed by atoms with Crippen molar-refractivity contribution in [2.45, 2.75) is 32.4 Å². The van der Waals surface area contributed by atoms with Crippen LogP contribution in [-0.2, 0) is 16.0 Å². The number of benzodiazepines with no additional fused rings is 1. The molecule has 1 aromatic heterocycles. The number of anilines is 2. The monoisotopic (exact) mass is 587 g/mol. The van der Waals surface area contributed by atoms with E-state index in [-0.39, 0.29) is 24.9 Å². The Balaban J connectivity index is 1.46. The molecule has 0 saturated heterocycles. The van der Waals surface area contributed by atoms with Crippen LogP contribution in [0.3, 0.4) is 0 Å². The molecule has 1 N–H and O–H groups in total. The van der Waals surface area contributed by atoms with E-state index in [0.29, 0.717) is 39.7 Å². The number of H-pyrrole nitrogens is 1. The number of hydroxylamine groups is 1. The number of nitrogens with zero attached hydrogens (tertiary/aromatic N) is 4. The third-order valence-corrected chi connectivity index (χ3v) is 7.92. The quantitative estimate of drug-likeness (QED) is 0.196. The summed E-state index contributed by atoms with van der Waals surface area (Å²) >= 11 is 0. The molecule has 0 fully saturated rings. The number of hydrogen-bond acceptors (Lipinski definition) is 5. The summed E-state index contributed by atoms with van der Waals surface area (Å²) in [6.45, 7) is 3.59. The number of amides is 2. The van der Waals surface area contributed by atoms with Crippen molar-refractivity contribution in [1.82, 2.24) is 10.2 Å². The fourth-order valence-corrected chi connectivity index (χ4v) is 5.84. The smallest absolute Gasteiger partial charge is 0.297 e. The number of rotatable bonds is 8. The average Bonchev–Trinajstić information content (AvgIpc) is 3.43. The molecule has 6 rings (SSSR count). The Hall–Kier alpha value is -5.44. The Morgan fingerprint density at radius 3 is 2.39 bits per heavy atom. The molecular formula is C35H33N5O4. The molecule has 1 unspecified atom stereocenters. The zero-order valence-corrected chi connectivity index (χ0v) is 24.8. The molecule has 9 nitrogen and oxygen atoms in total. The topological polar surface area (TPSA) is 105 Å². The molecule has 5 aromatic rings. The van der Waals surface area contributed by atoms with Crippen molar-refractivity contribution < 1.29 is 19.1 Å². The number of ether oxygens (including phenoxy) is 1. The van der Waals surface area contributed by atoms with Crippen LogP contribution in [0.15, 0.2) is 103 Å². The minimum absolute atomic E-state index is 0.0736. The Morgan fingerprint density at radius 1 is 0.977 bits per heavy atom. The molecule has 0 spiro atoms. The van der Waals surface area contributed by atoms with Crippen LogP contribution in [0.25, 0.3) is 10.9 Å². The Morgan fingerprint density at radius 2 is 1.66 bits per heavy atom. The second-order valence-electron chi connectivity index (χ2n) is 11.0. The van der Waals surface area contributed by atoms with E-state index in [1.807, 2.05) is 98.8 Å². The minimum Gasteiger partial charge on any atom is -0.623 e. The molecule has 2 heterocycles. The molecule has 4 aromatic carbocycles. The maximum absolute atomic E-state index is 14.6. The van der Waals surface area contributed by atoms with Crippen LogP contribution in [0.2, 0.25) is 0 Å². The van der Waals surface area contributed by atoms with Gasteiger partial charge in [-0.15, -0.1) is 0 Å². The second-order valence-corrected chi connectivity index (χ2v) is 11.0. The molecule has 0 radical (unpaired) electrons. The first-order chi connectivity index (χ1) is 21.4. The predicted molar refractivity (Wildman–Crippen MR) is 171 cm³/mol. The van der Waals surface area contributed by atoms with Gasteiger partial charge in [-0.05, 0) is 68.4 Å². The summed E-state index contributed by atoms with van der Waals surface area (Å²) < 4.78 is 6.10. The fraction of sp³-hybridized carbons (Fsp3) is 0.200. The van der Waals surface area contributed by atoms with Gasteiger partial charge in [-0.25, -0.2) is 0 Å². The van der Waals surface area contributed by atoms with E-state index in [2.05, 4.69) is 10.2 Å². The number of carbonyl (C=O) groups excluding carboxylic acids is 2. The van der Waals surface area contributed by atoms with Crippen molar-refractivity contribution in [1.29, 1.82) is 0 Å². The van der Waals surface area contributed by atoms with Crippen LogP contribution in [0.4, 0.5) is 11.4 Å². The summed E-state index contributed by atoms with van der Waals surface area (Å²) in [5, 5.41) is 22.7. The van der Waals surface area contributed by atoms with Crippen molar-refractivity contribution in [3.8, 4) is 5.75 Å². The summed E-state index contributed by atoms with van der Waals surface area (Å²) in [5.41, 5.74) is 4.23. The third-order valence-electron chi connectivity index (χ3n) is 7.92. The van der Waals surface area contributed by atoms with E-state index in [0.717, 1.165) is 15.6 Å². The fourth-order valence-electron chi connectivity index (χ4n) is 5.84. The van der Waals surface area contributed by atoms with Crippen molar-refractivity contribution >= 4 is 39.8 Å². The number of fused-ring (bicyclic) bond motifs is 2. The van der Waals surface area contributed by atoms with Gasteiger partial charge in [0.25, 0.3) is 5.91 Å². The predicted octanol–water partition coefficient (Wildman–Crippen LogP) is 5.32. The molecule has 2 amide bonds. The molecule has 0 saturated carbocycles. The highest BCUT2D eigenvalue weighted by Gasteiger charge is 2.41. The van der Waals surface area contributed by atoms with Crippen molar-refractivity contribution in [2.24, 2.45) is 0 Å². The zero-order chi connectivity index (χ0) is 30.8. The molecular weight excluding hydrogens is 554 g/mol. The SMILES string of the molecule is COc1ccc(N(C(=O)CN2C(=O)C(Cc3[nH]nc4ccccc34)[N+]([O-])=C(c3ccccc3)c3ccccc32)C(C)C)cc1. The van der Waals surface area contributed by atoms with E-state index in [1.54, 1.807) is 30.2 Å². The second kappa shape index (κ2) is 12.0. The molecule has 0 bridgehead atoms. The van der Waals surface area contributed by atoms with Gasteiger partial charge in [0.1, 0.15) is 12.3 Å². The van der Waals surface area contributed by atoms with Gasteiger partial charge in [-0.3, -0.25) is 19.6 Å². The van der Waals surface area contributed by atoms with Gasteiger partial charge in [0.15, 0.2) is 0 Å². The number of para-hydroxylation sites is 2. The van der Waals surface area contributed by atoms with Crippen LogP contribution < -0.4 is 14.5 Å². The first-order valence-electron chi connectivity index (χ1n) is 14.5. The average molecular weight is 588 g/mol. The van der Waals surface area contributed by atoms with Crippen LogP contribution in [0, 0.1) is 5.21 Å². The molecule has 1 aliphatic rings. The summed E-state index contributed by atoms with van der Waals surface area (Å²) in [7, 11) is 1.59. The van der Waals surface area contributed by atoms with E-state index >= 15 is 0 Å². The van der Waals surface area contributed by atoms with Gasteiger partial charge in [-0.2, -0.15) is 9.84 Å². The van der Waals surface area contributed by atoms with Crippen LogP contribution in [-0.4, -0.2) is 58.2 Å². The molecule has 1 aliphatic heterocycles. The molecule has 44 heavy (non-hydrogen) atoms. The number of nitrogens with one attached hydrogen (secondary N) is 1. The standard InChI is InChI=1S/C35H33N5O4/c1-23(2)39(25-17-19-26(44-3)20-18-25)33(41)22-38-31-16-10-8-14-28(31)34(24-11-5-4-6-12-24)40(43)32(35(38)42)21-30-27-13-7-9-15-29(27)36-37-30/h4-20,23,32H,21-22H2,1-3H3,(H,36,37). The highest BCUT2D eigenvalue weighted by atomic mass is 16.5. The number of benzene rings is 4. The Kier molecular flexibility index (Phi) is 7.85. The Bertz CT molecular complexity index is 1850. The van der Waals surface area contributed by atoms with E-state index < -0.39 is 11.9 Å². The van der Waals surface area contributed by atoms with Crippen LogP contribution in [0.5, 0.6) is 5.75 Å². The maximum Gasteiger partial charge on any atom is 0.297 e. The van der Waals surface area contributed by atoms with Crippen LogP contribution in [0.1, 0.15) is 30.7 Å². The lowest BCUT2D eigenvalue weighted by molar-refractivity contribution is -0.484. The Labute approximate surface area is 255 Å². The summed E-state index contributed by atoms with van der Waals surface area (Å²) in [5.74, 6) is -0.0706. The number of hydrogen-bond donors (Lipinski definition) is 1. The summed E-state index contributed by atoms with van der Waals surface area (Å²) in [4.78, 5) is 31.8. The lowest BCUT2D eigenvalue weighted by atomic mass is 10.00. The van der Waals surface area contributed by atoms with Gasteiger partial charge < -0.3 is 14.8 Å². The molecule has 222 valence electrons. The highest BCUT2D eigenvalue weighted by molar-refractivity contribution is 6.18. The van der Waals surface area contributed by atoms with E-state index in [1.165, 1.54) is 4.90 Å². The van der Waals surface area contributed by atoms with Crippen molar-refractivity contribution in [3.05, 3.63) is 125 Å². The largest absolute Gasteiger partial charge is 0.623 e. The summed E-state index contributed by atoms with van der Waals surface area (Å²) in [6.07, 6.45) is 0.0736. The van der Waals surface area contributed by atoms with Crippen molar-refractivity contribution in [3.63, 3.8) is 0 Å². The van der Waals surface area contributed by atoms with Gasteiger partial charge in [0.2, 0.25) is 17.7 Å². The number of methoxy groups -OCH3 is 1. The minimum atomic E-state index is -1.16. The third kappa shape index (κ3) is 5.28. The molecule has 9 heteroatoms. The van der Waals surface area contributed by atoms with Gasteiger partial charge in [0.05, 0.1) is 36.0 Å². The van der Waals surface area contributed by atoms with E-state index in [4.69, 9.17) is 4.74 Å².